The average Bonchev–Trinajstić information content (AvgIpc) is 3.34. The Morgan fingerprint density at radius 2 is 2.04 bits per heavy atom. The van der Waals surface area contributed by atoms with Gasteiger partial charge >= 0.3 is 0 Å². The van der Waals surface area contributed by atoms with Crippen molar-refractivity contribution in [3.63, 3.8) is 0 Å². The molecular formula is C18H23N3O3. The first-order chi connectivity index (χ1) is 11.8. The molecule has 24 heavy (non-hydrogen) atoms. The third-order valence-corrected chi connectivity index (χ3v) is 4.75. The van der Waals surface area contributed by atoms with E-state index in [1.165, 1.54) is 0 Å². The van der Waals surface area contributed by atoms with Crippen molar-refractivity contribution in [2.45, 2.75) is 44.4 Å². The molecular weight excluding hydrogens is 306 g/mol. The maximum atomic E-state index is 12.4. The van der Waals surface area contributed by atoms with Gasteiger partial charge in [0, 0.05) is 19.8 Å². The van der Waals surface area contributed by atoms with Gasteiger partial charge in [-0.3, -0.25) is 4.79 Å². The van der Waals surface area contributed by atoms with Gasteiger partial charge in [-0.1, -0.05) is 12.1 Å². The highest BCUT2D eigenvalue weighted by atomic mass is 16.5. The van der Waals surface area contributed by atoms with Gasteiger partial charge in [0.25, 0.3) is 0 Å². The van der Waals surface area contributed by atoms with Crippen LogP contribution < -0.4 is 5.32 Å². The molecule has 6 nitrogen and oxygen atoms in total. The van der Waals surface area contributed by atoms with Gasteiger partial charge in [0.05, 0.1) is 17.1 Å². The van der Waals surface area contributed by atoms with Crippen LogP contribution in [0.5, 0.6) is 0 Å². The van der Waals surface area contributed by atoms with Gasteiger partial charge in [0.1, 0.15) is 18.5 Å². The molecule has 2 saturated heterocycles. The summed E-state index contributed by atoms with van der Waals surface area (Å²) in [5.41, 5.74) is 1.89. The van der Waals surface area contributed by atoms with Crippen LogP contribution >= 0.6 is 0 Å². The van der Waals surface area contributed by atoms with Crippen molar-refractivity contribution < 1.29 is 14.3 Å². The van der Waals surface area contributed by atoms with Crippen molar-refractivity contribution in [3.8, 4) is 0 Å². The standard InChI is InChI=1S/C18H23N3O3/c22-17(19-11-13-5-3-9-23-13)12-21-15-7-2-1-6-14(15)20-18(21)16-8-4-10-24-16/h1-2,6-7,13,16H,3-5,8-12H2,(H,19,22). The van der Waals surface area contributed by atoms with Crippen molar-refractivity contribution in [1.29, 1.82) is 0 Å². The maximum absolute atomic E-state index is 12.4. The molecule has 2 aromatic rings. The number of fused-ring (bicyclic) bond motifs is 1. The van der Waals surface area contributed by atoms with E-state index < -0.39 is 0 Å². The van der Waals surface area contributed by atoms with Gasteiger partial charge in [0.15, 0.2) is 0 Å². The van der Waals surface area contributed by atoms with E-state index in [-0.39, 0.29) is 24.7 Å². The maximum Gasteiger partial charge on any atom is 0.240 e. The predicted octanol–water partition coefficient (Wildman–Crippen LogP) is 2.18. The van der Waals surface area contributed by atoms with Crippen LogP contribution in [0.2, 0.25) is 0 Å². The van der Waals surface area contributed by atoms with Gasteiger partial charge in [-0.2, -0.15) is 0 Å². The number of amides is 1. The SMILES string of the molecule is O=C(Cn1c(C2CCCO2)nc2ccccc21)NCC1CCCO1. The molecule has 1 aromatic carbocycles. The average molecular weight is 329 g/mol. The van der Waals surface area contributed by atoms with Crippen molar-refractivity contribution in [2.24, 2.45) is 0 Å². The Labute approximate surface area is 141 Å². The minimum Gasteiger partial charge on any atom is -0.376 e. The summed E-state index contributed by atoms with van der Waals surface area (Å²) in [6.45, 7) is 2.41. The van der Waals surface area contributed by atoms with Crippen LogP contribution in [0, 0.1) is 0 Å². The summed E-state index contributed by atoms with van der Waals surface area (Å²) >= 11 is 0. The number of nitrogens with zero attached hydrogens (tertiary/aromatic N) is 2. The number of benzene rings is 1. The van der Waals surface area contributed by atoms with Crippen molar-refractivity contribution in [3.05, 3.63) is 30.1 Å². The van der Waals surface area contributed by atoms with Crippen LogP contribution in [-0.2, 0) is 20.8 Å². The zero-order valence-electron chi connectivity index (χ0n) is 13.7. The van der Waals surface area contributed by atoms with E-state index in [1.807, 2.05) is 28.8 Å². The Hall–Kier alpha value is -1.92. The number of ether oxygens (including phenoxy) is 2. The molecule has 0 spiro atoms. The lowest BCUT2D eigenvalue weighted by Crippen LogP contribution is -2.34. The van der Waals surface area contributed by atoms with Gasteiger partial charge in [-0.15, -0.1) is 0 Å². The molecule has 4 rings (SSSR count). The Bertz CT molecular complexity index is 715. The molecule has 1 N–H and O–H groups in total. The summed E-state index contributed by atoms with van der Waals surface area (Å²) in [7, 11) is 0. The smallest absolute Gasteiger partial charge is 0.240 e. The zero-order valence-corrected chi connectivity index (χ0v) is 13.7. The fraction of sp³-hybridized carbons (Fsp3) is 0.556. The fourth-order valence-corrected chi connectivity index (χ4v) is 3.52. The second-order valence-electron chi connectivity index (χ2n) is 6.49. The molecule has 128 valence electrons. The lowest BCUT2D eigenvalue weighted by atomic mass is 10.2. The normalized spacial score (nSPS) is 23.8. The van der Waals surface area contributed by atoms with Crippen molar-refractivity contribution in [1.82, 2.24) is 14.9 Å². The van der Waals surface area contributed by atoms with Crippen LogP contribution in [0.4, 0.5) is 0 Å². The quantitative estimate of drug-likeness (QED) is 0.913. The first kappa shape index (κ1) is 15.6. The van der Waals surface area contributed by atoms with E-state index >= 15 is 0 Å². The summed E-state index contributed by atoms with van der Waals surface area (Å²) in [4.78, 5) is 17.1. The van der Waals surface area contributed by atoms with E-state index in [2.05, 4.69) is 5.32 Å². The van der Waals surface area contributed by atoms with E-state index in [9.17, 15) is 4.79 Å². The minimum atomic E-state index is -0.0108. The molecule has 3 heterocycles. The summed E-state index contributed by atoms with van der Waals surface area (Å²) in [6, 6.07) is 7.93. The Morgan fingerprint density at radius 1 is 1.21 bits per heavy atom. The zero-order chi connectivity index (χ0) is 16.4. The van der Waals surface area contributed by atoms with Gasteiger partial charge in [-0.25, -0.2) is 4.98 Å². The fourth-order valence-electron chi connectivity index (χ4n) is 3.52. The van der Waals surface area contributed by atoms with Gasteiger partial charge in [0.2, 0.25) is 5.91 Å². The number of hydrogen-bond donors (Lipinski definition) is 1. The predicted molar refractivity (Wildman–Crippen MR) is 89.6 cm³/mol. The lowest BCUT2D eigenvalue weighted by Gasteiger charge is -2.15. The summed E-state index contributed by atoms with van der Waals surface area (Å²) in [5, 5.41) is 2.99. The summed E-state index contributed by atoms with van der Waals surface area (Å²) in [5.74, 6) is 0.855. The molecule has 0 saturated carbocycles. The molecule has 2 aliphatic heterocycles. The molecule has 0 bridgehead atoms. The highest BCUT2D eigenvalue weighted by Crippen LogP contribution is 2.30. The van der Waals surface area contributed by atoms with Crippen LogP contribution in [-0.4, -0.2) is 41.3 Å². The molecule has 0 aliphatic carbocycles. The third-order valence-electron chi connectivity index (χ3n) is 4.75. The van der Waals surface area contributed by atoms with Gasteiger partial charge < -0.3 is 19.4 Å². The molecule has 1 aromatic heterocycles. The highest BCUT2D eigenvalue weighted by molar-refractivity contribution is 5.81. The second kappa shape index (κ2) is 6.91. The first-order valence-corrected chi connectivity index (χ1v) is 8.76. The van der Waals surface area contributed by atoms with E-state index in [0.29, 0.717) is 6.54 Å². The van der Waals surface area contributed by atoms with Crippen molar-refractivity contribution in [2.75, 3.05) is 19.8 Å². The number of para-hydroxylation sites is 2. The topological polar surface area (TPSA) is 65.4 Å². The molecule has 2 unspecified atom stereocenters. The number of carbonyl (C=O) groups is 1. The summed E-state index contributed by atoms with van der Waals surface area (Å²) < 4.78 is 13.4. The Balaban J connectivity index is 1.52. The molecule has 6 heteroatoms. The minimum absolute atomic E-state index is 0.00657. The largest absolute Gasteiger partial charge is 0.376 e. The van der Waals surface area contributed by atoms with Crippen LogP contribution in [0.1, 0.15) is 37.6 Å². The lowest BCUT2D eigenvalue weighted by molar-refractivity contribution is -0.122. The summed E-state index contributed by atoms with van der Waals surface area (Å²) in [6.07, 6.45) is 4.25. The highest BCUT2D eigenvalue weighted by Gasteiger charge is 2.25. The molecule has 1 amide bonds. The number of carbonyl (C=O) groups excluding carboxylic acids is 1. The number of hydrogen-bond acceptors (Lipinski definition) is 4. The Kier molecular flexibility index (Phi) is 4.49. The number of rotatable bonds is 5. The number of nitrogens with one attached hydrogen (secondary N) is 1. The third kappa shape index (κ3) is 3.16. The molecule has 2 aliphatic rings. The van der Waals surface area contributed by atoms with Crippen LogP contribution in [0.15, 0.2) is 24.3 Å². The van der Waals surface area contributed by atoms with Crippen LogP contribution in [0.25, 0.3) is 11.0 Å². The van der Waals surface area contributed by atoms with Crippen LogP contribution in [0.3, 0.4) is 0 Å². The monoisotopic (exact) mass is 329 g/mol. The molecule has 0 radical (unpaired) electrons. The molecule has 2 atom stereocenters. The van der Waals surface area contributed by atoms with E-state index in [1.54, 1.807) is 0 Å². The molecule has 2 fully saturated rings. The first-order valence-electron chi connectivity index (χ1n) is 8.76. The van der Waals surface area contributed by atoms with E-state index in [0.717, 1.165) is 55.8 Å². The van der Waals surface area contributed by atoms with Gasteiger partial charge in [-0.05, 0) is 37.8 Å². The Morgan fingerprint density at radius 3 is 2.83 bits per heavy atom. The number of aromatic nitrogens is 2. The van der Waals surface area contributed by atoms with E-state index in [4.69, 9.17) is 14.5 Å². The van der Waals surface area contributed by atoms with Crippen molar-refractivity contribution >= 4 is 16.9 Å². The second-order valence-corrected chi connectivity index (χ2v) is 6.49. The number of imidazole rings is 1.